The first-order chi connectivity index (χ1) is 8.79. The summed E-state index contributed by atoms with van der Waals surface area (Å²) in [6.45, 7) is 6.80. The lowest BCUT2D eigenvalue weighted by molar-refractivity contribution is -0.142. The number of nitrogens with two attached hydrogens (primary N) is 1. The highest BCUT2D eigenvalue weighted by molar-refractivity contribution is 7.80. The van der Waals surface area contributed by atoms with E-state index in [9.17, 15) is 4.79 Å². The second-order valence-corrected chi connectivity index (χ2v) is 7.05. The van der Waals surface area contributed by atoms with E-state index in [0.29, 0.717) is 4.99 Å². The summed E-state index contributed by atoms with van der Waals surface area (Å²) in [5, 5.41) is 0. The first-order valence-electron chi connectivity index (χ1n) is 7.10. The minimum atomic E-state index is -0.554. The number of nitrogens with zero attached hydrogens (tertiary/aromatic N) is 2. The van der Waals surface area contributed by atoms with E-state index < -0.39 is 5.41 Å². The van der Waals surface area contributed by atoms with Gasteiger partial charge in [0.25, 0.3) is 0 Å². The second kappa shape index (κ2) is 5.02. The smallest absolute Gasteiger partial charge is 0.235 e. The van der Waals surface area contributed by atoms with E-state index in [4.69, 9.17) is 18.0 Å². The maximum absolute atomic E-state index is 12.9. The van der Waals surface area contributed by atoms with Crippen molar-refractivity contribution < 1.29 is 4.79 Å². The molecule has 1 aliphatic heterocycles. The van der Waals surface area contributed by atoms with E-state index >= 15 is 0 Å². The van der Waals surface area contributed by atoms with E-state index in [1.807, 2.05) is 4.90 Å². The third kappa shape index (κ3) is 2.50. The summed E-state index contributed by atoms with van der Waals surface area (Å²) < 4.78 is 0. The zero-order valence-corrected chi connectivity index (χ0v) is 13.1. The Bertz CT molecular complexity index is 388. The highest BCUT2D eigenvalue weighted by Gasteiger charge is 2.47. The quantitative estimate of drug-likeness (QED) is 0.778. The summed E-state index contributed by atoms with van der Waals surface area (Å²) in [6.07, 6.45) is 3.77. The Hall–Kier alpha value is -0.680. The molecule has 108 valence electrons. The van der Waals surface area contributed by atoms with Gasteiger partial charge in [-0.15, -0.1) is 0 Å². The molecule has 5 heteroatoms. The van der Waals surface area contributed by atoms with Crippen molar-refractivity contribution in [2.75, 3.05) is 26.7 Å². The van der Waals surface area contributed by atoms with Gasteiger partial charge >= 0.3 is 0 Å². The van der Waals surface area contributed by atoms with Crippen LogP contribution in [0.4, 0.5) is 0 Å². The fraction of sp³-hybridized carbons (Fsp3) is 0.857. The third-order valence-corrected chi connectivity index (χ3v) is 5.33. The predicted molar refractivity (Wildman–Crippen MR) is 81.0 cm³/mol. The van der Waals surface area contributed by atoms with Crippen molar-refractivity contribution in [1.29, 1.82) is 0 Å². The first kappa shape index (κ1) is 14.7. The molecule has 0 atom stereocenters. The lowest BCUT2D eigenvalue weighted by atomic mass is 9.83. The molecular formula is C14H25N3OS. The Balaban J connectivity index is 2.17. The summed E-state index contributed by atoms with van der Waals surface area (Å²) in [5.41, 5.74) is 5.37. The van der Waals surface area contributed by atoms with Crippen molar-refractivity contribution in [3.63, 3.8) is 0 Å². The Morgan fingerprint density at radius 2 is 1.79 bits per heavy atom. The van der Waals surface area contributed by atoms with Gasteiger partial charge in [-0.05, 0) is 33.7 Å². The number of likely N-dealkylation sites (N-methyl/N-ethyl adjacent to an activating group) is 1. The van der Waals surface area contributed by atoms with E-state index in [1.165, 1.54) is 0 Å². The van der Waals surface area contributed by atoms with Crippen molar-refractivity contribution >= 4 is 23.1 Å². The van der Waals surface area contributed by atoms with Gasteiger partial charge in [-0.2, -0.15) is 0 Å². The molecule has 2 N–H and O–H groups in total. The fourth-order valence-electron chi connectivity index (χ4n) is 3.26. The SMILES string of the molecule is CN1CCN(C(=O)C2(C(N)=S)CCCC2)CC1(C)C. The average Bonchev–Trinajstić information content (AvgIpc) is 2.82. The number of piperazine rings is 1. The molecule has 0 aromatic rings. The molecule has 1 aliphatic carbocycles. The van der Waals surface area contributed by atoms with Crippen molar-refractivity contribution in [3.05, 3.63) is 0 Å². The molecule has 2 fully saturated rings. The summed E-state index contributed by atoms with van der Waals surface area (Å²) in [4.78, 5) is 17.6. The van der Waals surface area contributed by atoms with Gasteiger partial charge in [0.05, 0.1) is 10.4 Å². The number of hydrogen-bond acceptors (Lipinski definition) is 3. The van der Waals surface area contributed by atoms with Gasteiger partial charge in [0.2, 0.25) is 5.91 Å². The minimum Gasteiger partial charge on any atom is -0.392 e. The van der Waals surface area contributed by atoms with Gasteiger partial charge in [0, 0.05) is 25.2 Å². The highest BCUT2D eigenvalue weighted by atomic mass is 32.1. The van der Waals surface area contributed by atoms with Crippen LogP contribution >= 0.6 is 12.2 Å². The van der Waals surface area contributed by atoms with E-state index in [1.54, 1.807) is 0 Å². The van der Waals surface area contributed by atoms with E-state index in [0.717, 1.165) is 45.3 Å². The van der Waals surface area contributed by atoms with Crippen LogP contribution in [-0.4, -0.2) is 52.9 Å². The molecule has 0 bridgehead atoms. The highest BCUT2D eigenvalue weighted by Crippen LogP contribution is 2.40. The molecule has 2 rings (SSSR count). The van der Waals surface area contributed by atoms with Crippen molar-refractivity contribution in [1.82, 2.24) is 9.80 Å². The van der Waals surface area contributed by atoms with Crippen LogP contribution in [-0.2, 0) is 4.79 Å². The maximum Gasteiger partial charge on any atom is 0.235 e. The zero-order chi connectivity index (χ0) is 14.3. The summed E-state index contributed by atoms with van der Waals surface area (Å²) in [5.74, 6) is 0.165. The summed E-state index contributed by atoms with van der Waals surface area (Å²) in [7, 11) is 2.11. The maximum atomic E-state index is 12.9. The molecule has 19 heavy (non-hydrogen) atoms. The molecule has 0 radical (unpaired) electrons. The molecular weight excluding hydrogens is 258 g/mol. The molecule has 0 aromatic carbocycles. The first-order valence-corrected chi connectivity index (χ1v) is 7.51. The number of amides is 1. The Kier molecular flexibility index (Phi) is 3.89. The summed E-state index contributed by atoms with van der Waals surface area (Å²) >= 11 is 5.21. The molecule has 0 unspecified atom stereocenters. The van der Waals surface area contributed by atoms with Crippen LogP contribution in [0.5, 0.6) is 0 Å². The van der Waals surface area contributed by atoms with Crippen LogP contribution < -0.4 is 5.73 Å². The van der Waals surface area contributed by atoms with Crippen molar-refractivity contribution in [2.45, 2.75) is 45.1 Å². The van der Waals surface area contributed by atoms with Gasteiger partial charge < -0.3 is 10.6 Å². The number of rotatable bonds is 2. The van der Waals surface area contributed by atoms with E-state index in [-0.39, 0.29) is 11.4 Å². The van der Waals surface area contributed by atoms with Crippen LogP contribution in [0, 0.1) is 5.41 Å². The second-order valence-electron chi connectivity index (χ2n) is 6.61. The van der Waals surface area contributed by atoms with Crippen LogP contribution in [0.2, 0.25) is 0 Å². The van der Waals surface area contributed by atoms with Gasteiger partial charge in [-0.25, -0.2) is 0 Å². The van der Waals surface area contributed by atoms with Crippen LogP contribution in [0.3, 0.4) is 0 Å². The largest absolute Gasteiger partial charge is 0.392 e. The Morgan fingerprint density at radius 3 is 2.26 bits per heavy atom. The van der Waals surface area contributed by atoms with Crippen molar-refractivity contribution in [3.8, 4) is 0 Å². The number of thiocarbonyl (C=S) groups is 1. The molecule has 1 heterocycles. The molecule has 0 spiro atoms. The number of carbonyl (C=O) groups excluding carboxylic acids is 1. The lowest BCUT2D eigenvalue weighted by Gasteiger charge is -2.47. The topological polar surface area (TPSA) is 49.6 Å². The van der Waals surface area contributed by atoms with Gasteiger partial charge in [0.15, 0.2) is 0 Å². The number of hydrogen-bond donors (Lipinski definition) is 1. The standard InChI is InChI=1S/C14H25N3OS/c1-13(2)10-17(9-8-16(13)3)12(18)14(11(15)19)6-4-5-7-14/h4-10H2,1-3H3,(H2,15,19). The molecule has 1 saturated carbocycles. The predicted octanol–water partition coefficient (Wildman–Crippen LogP) is 1.39. The van der Waals surface area contributed by atoms with Crippen LogP contribution in [0.25, 0.3) is 0 Å². The molecule has 0 aromatic heterocycles. The monoisotopic (exact) mass is 283 g/mol. The fourth-order valence-corrected chi connectivity index (χ4v) is 3.55. The molecule has 1 saturated heterocycles. The minimum absolute atomic E-state index is 0.0178. The van der Waals surface area contributed by atoms with Gasteiger partial charge in [-0.1, -0.05) is 25.1 Å². The summed E-state index contributed by atoms with van der Waals surface area (Å²) in [6, 6.07) is 0. The van der Waals surface area contributed by atoms with Crippen molar-refractivity contribution in [2.24, 2.45) is 11.1 Å². The zero-order valence-electron chi connectivity index (χ0n) is 12.2. The lowest BCUT2D eigenvalue weighted by Crippen LogP contribution is -2.62. The van der Waals surface area contributed by atoms with Gasteiger partial charge in [-0.3, -0.25) is 9.69 Å². The van der Waals surface area contributed by atoms with E-state index in [2.05, 4.69) is 25.8 Å². The van der Waals surface area contributed by atoms with Gasteiger partial charge in [0.1, 0.15) is 0 Å². The number of carbonyl (C=O) groups is 1. The normalized spacial score (nSPS) is 26.4. The molecule has 2 aliphatic rings. The Labute approximate surface area is 121 Å². The van der Waals surface area contributed by atoms with Crippen LogP contribution in [0.15, 0.2) is 0 Å². The van der Waals surface area contributed by atoms with Crippen LogP contribution in [0.1, 0.15) is 39.5 Å². The Morgan fingerprint density at radius 1 is 1.21 bits per heavy atom. The molecule has 1 amide bonds. The average molecular weight is 283 g/mol. The molecule has 4 nitrogen and oxygen atoms in total. The third-order valence-electron chi connectivity index (χ3n) is 4.94.